The minimum absolute atomic E-state index is 0.141. The first-order valence-corrected chi connectivity index (χ1v) is 9.86. The molecule has 0 radical (unpaired) electrons. The number of benzene rings is 2. The first-order valence-electron chi connectivity index (χ1n) is 8.66. The Kier molecular flexibility index (Phi) is 8.41. The molecular weight excluding hydrogens is 444 g/mol. The van der Waals surface area contributed by atoms with Gasteiger partial charge in [-0.1, -0.05) is 22.9 Å². The van der Waals surface area contributed by atoms with Gasteiger partial charge in [0.25, 0.3) is 5.91 Å². The number of amides is 1. The standard InChI is InChI=1S/C20H21BrN2O4S/c1-3-10-26-19(25)14-4-6-15(7-5-14)22-20(28)23-18(24)12-27-16-8-9-17(21)13(2)11-16/h4-9,11H,3,10,12H2,1-2H3,(H2,22,23,24,28). The van der Waals surface area contributed by atoms with Crippen LogP contribution in [0.25, 0.3) is 0 Å². The molecule has 2 aromatic carbocycles. The Hall–Kier alpha value is -2.45. The van der Waals surface area contributed by atoms with Gasteiger partial charge < -0.3 is 14.8 Å². The third kappa shape index (κ3) is 6.94. The van der Waals surface area contributed by atoms with E-state index >= 15 is 0 Å². The molecule has 0 aliphatic carbocycles. The number of nitrogens with one attached hydrogen (secondary N) is 2. The lowest BCUT2D eigenvalue weighted by Crippen LogP contribution is -2.37. The molecule has 0 atom stereocenters. The summed E-state index contributed by atoms with van der Waals surface area (Å²) in [5.74, 6) is -0.150. The van der Waals surface area contributed by atoms with Gasteiger partial charge in [-0.05, 0) is 73.6 Å². The molecule has 8 heteroatoms. The highest BCUT2D eigenvalue weighted by atomic mass is 79.9. The molecule has 1 amide bonds. The Morgan fingerprint density at radius 1 is 1.14 bits per heavy atom. The van der Waals surface area contributed by atoms with E-state index in [1.165, 1.54) is 0 Å². The Labute approximate surface area is 177 Å². The van der Waals surface area contributed by atoms with Gasteiger partial charge in [-0.2, -0.15) is 0 Å². The van der Waals surface area contributed by atoms with Crippen LogP contribution in [0.5, 0.6) is 5.75 Å². The van der Waals surface area contributed by atoms with Crippen LogP contribution in [0, 0.1) is 6.92 Å². The van der Waals surface area contributed by atoms with Crippen molar-refractivity contribution in [2.24, 2.45) is 0 Å². The summed E-state index contributed by atoms with van der Waals surface area (Å²) < 4.78 is 11.5. The summed E-state index contributed by atoms with van der Waals surface area (Å²) in [6.07, 6.45) is 0.768. The van der Waals surface area contributed by atoms with Crippen molar-refractivity contribution in [3.63, 3.8) is 0 Å². The molecule has 0 spiro atoms. The number of hydrogen-bond donors (Lipinski definition) is 2. The van der Waals surface area contributed by atoms with Crippen LogP contribution in [0.2, 0.25) is 0 Å². The molecule has 2 aromatic rings. The number of rotatable bonds is 7. The van der Waals surface area contributed by atoms with E-state index in [0.717, 1.165) is 16.5 Å². The number of hydrogen-bond acceptors (Lipinski definition) is 5. The minimum atomic E-state index is -0.377. The lowest BCUT2D eigenvalue weighted by molar-refractivity contribution is -0.121. The molecule has 0 bridgehead atoms. The number of thiocarbonyl (C=S) groups is 1. The summed E-state index contributed by atoms with van der Waals surface area (Å²) in [5.41, 5.74) is 2.10. The molecular formula is C20H21BrN2O4S. The second kappa shape index (κ2) is 10.8. The maximum atomic E-state index is 12.0. The van der Waals surface area contributed by atoms with Gasteiger partial charge in [-0.15, -0.1) is 0 Å². The van der Waals surface area contributed by atoms with Gasteiger partial charge in [0, 0.05) is 10.2 Å². The maximum absolute atomic E-state index is 12.0. The molecule has 2 rings (SSSR count). The van der Waals surface area contributed by atoms with Crippen molar-refractivity contribution in [3.05, 3.63) is 58.1 Å². The van der Waals surface area contributed by atoms with Crippen molar-refractivity contribution in [2.75, 3.05) is 18.5 Å². The summed E-state index contributed by atoms with van der Waals surface area (Å²) in [7, 11) is 0. The topological polar surface area (TPSA) is 76.7 Å². The highest BCUT2D eigenvalue weighted by molar-refractivity contribution is 9.10. The largest absolute Gasteiger partial charge is 0.484 e. The number of ether oxygens (including phenoxy) is 2. The lowest BCUT2D eigenvalue weighted by atomic mass is 10.2. The Morgan fingerprint density at radius 3 is 2.50 bits per heavy atom. The Balaban J connectivity index is 1.80. The zero-order chi connectivity index (χ0) is 20.5. The molecule has 0 unspecified atom stereocenters. The second-order valence-corrected chi connectivity index (χ2v) is 7.18. The molecule has 0 heterocycles. The van der Waals surface area contributed by atoms with Gasteiger partial charge >= 0.3 is 5.97 Å². The zero-order valence-corrected chi connectivity index (χ0v) is 18.0. The number of aryl methyl sites for hydroxylation is 1. The van der Waals surface area contributed by atoms with Gasteiger partial charge in [0.2, 0.25) is 0 Å². The Bertz CT molecular complexity index is 856. The number of carbonyl (C=O) groups is 2. The van der Waals surface area contributed by atoms with Crippen LogP contribution in [0.4, 0.5) is 5.69 Å². The van der Waals surface area contributed by atoms with E-state index in [4.69, 9.17) is 21.7 Å². The molecule has 0 aromatic heterocycles. The first-order chi connectivity index (χ1) is 13.4. The van der Waals surface area contributed by atoms with E-state index in [9.17, 15) is 9.59 Å². The predicted molar refractivity (Wildman–Crippen MR) is 116 cm³/mol. The van der Waals surface area contributed by atoms with Gasteiger partial charge in [0.15, 0.2) is 11.7 Å². The molecule has 148 valence electrons. The van der Waals surface area contributed by atoms with E-state index in [1.807, 2.05) is 26.0 Å². The second-order valence-electron chi connectivity index (χ2n) is 5.92. The van der Waals surface area contributed by atoms with E-state index in [0.29, 0.717) is 23.6 Å². The smallest absolute Gasteiger partial charge is 0.338 e. The van der Waals surface area contributed by atoms with Gasteiger partial charge in [0.1, 0.15) is 5.75 Å². The summed E-state index contributed by atoms with van der Waals surface area (Å²) in [6, 6.07) is 12.1. The molecule has 28 heavy (non-hydrogen) atoms. The lowest BCUT2D eigenvalue weighted by Gasteiger charge is -2.11. The summed E-state index contributed by atoms with van der Waals surface area (Å²) >= 11 is 8.54. The van der Waals surface area contributed by atoms with Crippen molar-refractivity contribution in [3.8, 4) is 5.75 Å². The fourth-order valence-corrected chi connectivity index (χ4v) is 2.63. The van der Waals surface area contributed by atoms with Gasteiger partial charge in [0.05, 0.1) is 12.2 Å². The van der Waals surface area contributed by atoms with Crippen molar-refractivity contribution in [2.45, 2.75) is 20.3 Å². The van der Waals surface area contributed by atoms with E-state index in [1.54, 1.807) is 30.3 Å². The molecule has 2 N–H and O–H groups in total. The number of anilines is 1. The van der Waals surface area contributed by atoms with E-state index in [2.05, 4.69) is 26.6 Å². The van der Waals surface area contributed by atoms with Crippen LogP contribution < -0.4 is 15.4 Å². The molecule has 0 saturated heterocycles. The van der Waals surface area contributed by atoms with E-state index < -0.39 is 0 Å². The Morgan fingerprint density at radius 2 is 1.86 bits per heavy atom. The minimum Gasteiger partial charge on any atom is -0.484 e. The quantitative estimate of drug-likeness (QED) is 0.471. The highest BCUT2D eigenvalue weighted by Crippen LogP contribution is 2.21. The van der Waals surface area contributed by atoms with E-state index in [-0.39, 0.29) is 23.6 Å². The van der Waals surface area contributed by atoms with Crippen LogP contribution in [0.15, 0.2) is 46.9 Å². The molecule has 0 aliphatic rings. The molecule has 0 aliphatic heterocycles. The fourth-order valence-electron chi connectivity index (χ4n) is 2.15. The fraction of sp³-hybridized carbons (Fsp3) is 0.250. The predicted octanol–water partition coefficient (Wildman–Crippen LogP) is 4.22. The maximum Gasteiger partial charge on any atom is 0.338 e. The third-order valence-electron chi connectivity index (χ3n) is 3.57. The number of esters is 1. The highest BCUT2D eigenvalue weighted by Gasteiger charge is 2.09. The average Bonchev–Trinajstić information content (AvgIpc) is 2.67. The van der Waals surface area contributed by atoms with Crippen LogP contribution in [0.1, 0.15) is 29.3 Å². The SMILES string of the molecule is CCCOC(=O)c1ccc(NC(=S)NC(=O)COc2ccc(Br)c(C)c2)cc1. The van der Waals surface area contributed by atoms with Crippen molar-refractivity contribution < 1.29 is 19.1 Å². The molecule has 0 fully saturated rings. The molecule has 6 nitrogen and oxygen atoms in total. The monoisotopic (exact) mass is 464 g/mol. The zero-order valence-electron chi connectivity index (χ0n) is 15.6. The van der Waals surface area contributed by atoms with Gasteiger partial charge in [-0.3, -0.25) is 10.1 Å². The average molecular weight is 465 g/mol. The summed E-state index contributed by atoms with van der Waals surface area (Å²) in [5, 5.41) is 5.57. The van der Waals surface area contributed by atoms with Crippen molar-refractivity contribution >= 4 is 50.8 Å². The summed E-state index contributed by atoms with van der Waals surface area (Å²) in [6.45, 7) is 4.09. The number of halogens is 1. The third-order valence-corrected chi connectivity index (χ3v) is 4.66. The van der Waals surface area contributed by atoms with Crippen LogP contribution >= 0.6 is 28.1 Å². The molecule has 0 saturated carbocycles. The first kappa shape index (κ1) is 21.8. The normalized spacial score (nSPS) is 10.1. The van der Waals surface area contributed by atoms with Crippen molar-refractivity contribution in [1.82, 2.24) is 5.32 Å². The van der Waals surface area contributed by atoms with Crippen molar-refractivity contribution in [1.29, 1.82) is 0 Å². The number of carbonyl (C=O) groups excluding carboxylic acids is 2. The van der Waals surface area contributed by atoms with Crippen LogP contribution in [-0.2, 0) is 9.53 Å². The summed E-state index contributed by atoms with van der Waals surface area (Å²) in [4.78, 5) is 23.7. The van der Waals surface area contributed by atoms with Crippen LogP contribution in [0.3, 0.4) is 0 Å². The van der Waals surface area contributed by atoms with Crippen LogP contribution in [-0.4, -0.2) is 30.2 Å². The van der Waals surface area contributed by atoms with Gasteiger partial charge in [-0.25, -0.2) is 4.79 Å².